The van der Waals surface area contributed by atoms with Crippen LogP contribution in [0.2, 0.25) is 0 Å². The smallest absolute Gasteiger partial charge is 0.407 e. The van der Waals surface area contributed by atoms with Crippen LogP contribution in [0.25, 0.3) is 11.1 Å². The molecule has 4 nitrogen and oxygen atoms in total. The lowest BCUT2D eigenvalue weighted by atomic mass is 9.98. The number of hydrogen-bond acceptors (Lipinski definition) is 3. The van der Waals surface area contributed by atoms with E-state index in [1.807, 2.05) is 48.5 Å². The molecule has 0 spiro atoms. The molecule has 0 aliphatic heterocycles. The number of alkyl halides is 3. The van der Waals surface area contributed by atoms with Crippen molar-refractivity contribution in [3.8, 4) is 11.1 Å². The summed E-state index contributed by atoms with van der Waals surface area (Å²) in [4.78, 5) is 11.9. The predicted octanol–water partition coefficient (Wildman–Crippen LogP) is 3.84. The summed E-state index contributed by atoms with van der Waals surface area (Å²) in [5.74, 6) is -0.177. The molecule has 0 radical (unpaired) electrons. The van der Waals surface area contributed by atoms with Gasteiger partial charge in [-0.1, -0.05) is 48.5 Å². The van der Waals surface area contributed by atoms with E-state index in [9.17, 15) is 18.0 Å². The van der Waals surface area contributed by atoms with Crippen LogP contribution in [0.5, 0.6) is 0 Å². The van der Waals surface area contributed by atoms with E-state index < -0.39 is 31.3 Å². The van der Waals surface area contributed by atoms with Gasteiger partial charge >= 0.3 is 12.3 Å². The largest absolute Gasteiger partial charge is 0.449 e. The Hall–Kier alpha value is -2.54. The van der Waals surface area contributed by atoms with Crippen molar-refractivity contribution >= 4 is 6.09 Å². The second-order valence-corrected chi connectivity index (χ2v) is 6.17. The molecule has 26 heavy (non-hydrogen) atoms. The van der Waals surface area contributed by atoms with Crippen LogP contribution in [0.1, 0.15) is 23.5 Å². The van der Waals surface area contributed by atoms with Crippen molar-refractivity contribution < 1.29 is 27.8 Å². The van der Waals surface area contributed by atoms with E-state index in [2.05, 4.69) is 5.32 Å². The number of carbonyl (C=O) groups is 1. The number of nitrogens with one attached hydrogen (secondary N) is 1. The van der Waals surface area contributed by atoms with Gasteiger partial charge in [-0.3, -0.25) is 0 Å². The lowest BCUT2D eigenvalue weighted by Gasteiger charge is -2.19. The van der Waals surface area contributed by atoms with Crippen molar-refractivity contribution in [2.24, 2.45) is 0 Å². The molecule has 1 atom stereocenters. The normalized spacial score (nSPS) is 14.5. The molecule has 138 valence electrons. The minimum atomic E-state index is -4.48. The lowest BCUT2D eigenvalue weighted by molar-refractivity contribution is -0.141. The number of fused-ring (bicyclic) bond motifs is 3. The van der Waals surface area contributed by atoms with Gasteiger partial charge in [-0.25, -0.2) is 4.79 Å². The molecule has 0 saturated heterocycles. The zero-order valence-corrected chi connectivity index (χ0v) is 13.8. The molecular weight excluding hydrogens is 347 g/mol. The Morgan fingerprint density at radius 2 is 1.62 bits per heavy atom. The molecule has 0 aromatic heterocycles. The molecule has 7 heteroatoms. The minimum Gasteiger partial charge on any atom is -0.449 e. The third kappa shape index (κ3) is 3.99. The van der Waals surface area contributed by atoms with Gasteiger partial charge in [0.05, 0.1) is 19.1 Å². The van der Waals surface area contributed by atoms with E-state index in [0.29, 0.717) is 0 Å². The van der Waals surface area contributed by atoms with E-state index in [0.717, 1.165) is 22.3 Å². The Morgan fingerprint density at radius 3 is 2.12 bits per heavy atom. The topological polar surface area (TPSA) is 58.6 Å². The van der Waals surface area contributed by atoms with Crippen molar-refractivity contribution in [3.63, 3.8) is 0 Å². The van der Waals surface area contributed by atoms with Crippen LogP contribution < -0.4 is 5.32 Å². The zero-order chi connectivity index (χ0) is 18.7. The fraction of sp³-hybridized carbons (Fsp3) is 0.316. The van der Waals surface area contributed by atoms with Gasteiger partial charge in [0.2, 0.25) is 0 Å². The SMILES string of the molecule is O=C(N[C@H](CO)CC(F)(F)F)OCC1c2ccccc2-c2ccccc21. The standard InChI is InChI=1S/C19H18F3NO3/c20-19(21,22)9-12(10-24)23-18(25)26-11-17-15-7-3-1-5-13(15)14-6-2-4-8-16(14)17/h1-8,12,17,24H,9-11H2,(H,23,25)/t12-/m0/s1. The fourth-order valence-electron chi connectivity index (χ4n) is 3.25. The molecule has 3 rings (SSSR count). The van der Waals surface area contributed by atoms with Gasteiger partial charge in [0.15, 0.2) is 0 Å². The second-order valence-electron chi connectivity index (χ2n) is 6.17. The van der Waals surface area contributed by atoms with Crippen molar-refractivity contribution in [1.29, 1.82) is 0 Å². The summed E-state index contributed by atoms with van der Waals surface area (Å²) in [7, 11) is 0. The molecule has 0 fully saturated rings. The van der Waals surface area contributed by atoms with Crippen molar-refractivity contribution in [3.05, 3.63) is 59.7 Å². The number of amides is 1. The van der Waals surface area contributed by atoms with Gasteiger partial charge in [0.25, 0.3) is 0 Å². The summed E-state index contributed by atoms with van der Waals surface area (Å²) in [5, 5.41) is 11.1. The second kappa shape index (κ2) is 7.37. The molecule has 0 saturated carbocycles. The van der Waals surface area contributed by atoms with Crippen LogP contribution in [0.15, 0.2) is 48.5 Å². The summed E-state index contributed by atoms with van der Waals surface area (Å²) < 4.78 is 42.4. The van der Waals surface area contributed by atoms with Gasteiger partial charge in [-0.15, -0.1) is 0 Å². The van der Waals surface area contributed by atoms with E-state index in [1.54, 1.807) is 0 Å². The molecule has 0 unspecified atom stereocenters. The van der Waals surface area contributed by atoms with Crippen molar-refractivity contribution in [2.75, 3.05) is 13.2 Å². The lowest BCUT2D eigenvalue weighted by Crippen LogP contribution is -2.41. The van der Waals surface area contributed by atoms with Crippen molar-refractivity contribution in [1.82, 2.24) is 5.32 Å². The third-order valence-electron chi connectivity index (χ3n) is 4.36. The number of halogens is 3. The molecule has 0 bridgehead atoms. The van der Waals surface area contributed by atoms with E-state index in [1.165, 1.54) is 0 Å². The maximum absolute atomic E-state index is 12.4. The first-order valence-corrected chi connectivity index (χ1v) is 8.18. The maximum atomic E-state index is 12.4. The van der Waals surface area contributed by atoms with Gasteiger partial charge in [0.1, 0.15) is 6.61 Å². The molecule has 0 heterocycles. The summed E-state index contributed by atoms with van der Waals surface area (Å²) >= 11 is 0. The van der Waals surface area contributed by atoms with Crippen LogP contribution in [0.4, 0.5) is 18.0 Å². The Morgan fingerprint density at radius 1 is 1.08 bits per heavy atom. The van der Waals surface area contributed by atoms with Gasteiger partial charge in [-0.2, -0.15) is 13.2 Å². The highest BCUT2D eigenvalue weighted by Crippen LogP contribution is 2.44. The van der Waals surface area contributed by atoms with Crippen LogP contribution in [-0.2, 0) is 4.74 Å². The molecule has 1 amide bonds. The Bertz CT molecular complexity index is 746. The van der Waals surface area contributed by atoms with Crippen LogP contribution in [0, 0.1) is 0 Å². The monoisotopic (exact) mass is 365 g/mol. The summed E-state index contributed by atoms with van der Waals surface area (Å²) in [5.41, 5.74) is 4.14. The highest BCUT2D eigenvalue weighted by atomic mass is 19.4. The molecule has 1 aliphatic rings. The number of carbonyl (C=O) groups excluding carboxylic acids is 1. The number of aliphatic hydroxyl groups excluding tert-OH is 1. The van der Waals surface area contributed by atoms with Crippen LogP contribution in [-0.4, -0.2) is 36.6 Å². The van der Waals surface area contributed by atoms with Crippen molar-refractivity contribution in [2.45, 2.75) is 24.6 Å². The number of aliphatic hydroxyl groups is 1. The molecule has 2 aromatic carbocycles. The first-order valence-electron chi connectivity index (χ1n) is 8.18. The number of ether oxygens (including phenoxy) is 1. The first kappa shape index (κ1) is 18.3. The summed E-state index contributed by atoms with van der Waals surface area (Å²) in [6.45, 7) is -0.812. The first-order chi connectivity index (χ1) is 12.4. The molecule has 2 aromatic rings. The predicted molar refractivity (Wildman–Crippen MR) is 89.8 cm³/mol. The van der Waals surface area contributed by atoms with E-state index >= 15 is 0 Å². The quantitative estimate of drug-likeness (QED) is 0.847. The summed E-state index contributed by atoms with van der Waals surface area (Å²) in [6, 6.07) is 14.1. The third-order valence-corrected chi connectivity index (χ3v) is 4.36. The average Bonchev–Trinajstić information content (AvgIpc) is 2.92. The minimum absolute atomic E-state index is 0.00399. The Kier molecular flexibility index (Phi) is 5.18. The average molecular weight is 365 g/mol. The number of hydrogen-bond donors (Lipinski definition) is 2. The molecule has 2 N–H and O–H groups in total. The maximum Gasteiger partial charge on any atom is 0.407 e. The molecule has 1 aliphatic carbocycles. The highest BCUT2D eigenvalue weighted by molar-refractivity contribution is 5.79. The zero-order valence-electron chi connectivity index (χ0n) is 13.8. The van der Waals surface area contributed by atoms with Crippen LogP contribution in [0.3, 0.4) is 0 Å². The Balaban J connectivity index is 1.67. The number of benzene rings is 2. The van der Waals surface area contributed by atoms with Gasteiger partial charge < -0.3 is 15.2 Å². The van der Waals surface area contributed by atoms with Gasteiger partial charge in [0, 0.05) is 5.92 Å². The number of alkyl carbamates (subject to hydrolysis) is 1. The molecular formula is C19H18F3NO3. The summed E-state index contributed by atoms with van der Waals surface area (Å²) in [6.07, 6.45) is -6.77. The van der Waals surface area contributed by atoms with E-state index in [4.69, 9.17) is 9.84 Å². The number of rotatable bonds is 5. The van der Waals surface area contributed by atoms with E-state index in [-0.39, 0.29) is 12.5 Å². The highest BCUT2D eigenvalue weighted by Gasteiger charge is 2.33. The Labute approximate surface area is 148 Å². The van der Waals surface area contributed by atoms with Crippen LogP contribution >= 0.6 is 0 Å². The fourth-order valence-corrected chi connectivity index (χ4v) is 3.25. The van der Waals surface area contributed by atoms with Gasteiger partial charge in [-0.05, 0) is 22.3 Å².